The lowest BCUT2D eigenvalue weighted by Crippen LogP contribution is -2.31. The van der Waals surface area contributed by atoms with Crippen molar-refractivity contribution in [1.82, 2.24) is 20.3 Å². The maximum atomic E-state index is 12.7. The van der Waals surface area contributed by atoms with Crippen LogP contribution in [0.3, 0.4) is 0 Å². The Kier molecular flexibility index (Phi) is 7.44. The molecule has 10 nitrogen and oxygen atoms in total. The number of nitrogens with one attached hydrogen (secondary N) is 3. The molecule has 0 spiro atoms. The van der Waals surface area contributed by atoms with Gasteiger partial charge in [-0.25, -0.2) is 14.2 Å². The Hall–Kier alpha value is -3.73. The predicted octanol–water partition coefficient (Wildman–Crippen LogP) is 4.11. The Morgan fingerprint density at radius 1 is 1.09 bits per heavy atom. The molecule has 0 aliphatic carbocycles. The summed E-state index contributed by atoms with van der Waals surface area (Å²) in [5.74, 6) is 1.66. The highest BCUT2D eigenvalue weighted by Gasteiger charge is 2.17. The quantitative estimate of drug-likeness (QED) is 0.447. The van der Waals surface area contributed by atoms with Crippen molar-refractivity contribution < 1.29 is 15.2 Å². The van der Waals surface area contributed by atoms with Crippen LogP contribution in [0.25, 0.3) is 0 Å². The van der Waals surface area contributed by atoms with Crippen LogP contribution >= 0.6 is 0 Å². The predicted molar refractivity (Wildman–Crippen MR) is 133 cm³/mol. The number of carbonyl (C=O) groups is 1. The number of carbonyl (C=O) groups excluding carboxylic acids is 1. The molecule has 0 atom stereocenters. The van der Waals surface area contributed by atoms with Gasteiger partial charge in [0, 0.05) is 41.6 Å². The molecule has 3 aromatic rings. The van der Waals surface area contributed by atoms with Crippen LogP contribution < -0.4 is 20.7 Å². The van der Waals surface area contributed by atoms with Crippen LogP contribution in [0.1, 0.15) is 25.6 Å². The van der Waals surface area contributed by atoms with Gasteiger partial charge in [0.15, 0.2) is 5.82 Å². The summed E-state index contributed by atoms with van der Waals surface area (Å²) < 4.78 is 21.3. The number of aromatic nitrogens is 3. The maximum Gasteiger partial charge on any atom is 0.256 e. The molecule has 176 valence electrons. The summed E-state index contributed by atoms with van der Waals surface area (Å²) in [6, 6.07) is 12.3. The molecule has 1 aromatic carbocycles. The van der Waals surface area contributed by atoms with Crippen molar-refractivity contribution in [2.45, 2.75) is 19.9 Å². The molecular weight excluding hydrogens is 442 g/mol. The average Bonchev–Trinajstić information content (AvgIpc) is 2.73. The Balaban J connectivity index is 0.00000408. The number of nitrogens with zero attached hydrogens (tertiary/aromatic N) is 4. The van der Waals surface area contributed by atoms with E-state index in [4.69, 9.17) is 4.74 Å². The number of benzene rings is 1. The molecule has 3 rings (SSSR count). The van der Waals surface area contributed by atoms with Gasteiger partial charge in [-0.1, -0.05) is 6.07 Å². The molecular formula is C22H29N7O3S. The van der Waals surface area contributed by atoms with Crippen molar-refractivity contribution in [3.63, 3.8) is 0 Å². The van der Waals surface area contributed by atoms with Crippen LogP contribution in [0.4, 0.5) is 29.1 Å². The monoisotopic (exact) mass is 471 g/mol. The standard InChI is InChI=1S/C22H27N7O3S.H2/c1-14(2)24-21(30)17-13-23-22(25-15-9-11-16(32-3)12-10-15)28-20(17)27-18-7-6-8-19(26-18)29-33(4,5)31;/h6-14H,1-5H3,(H,24,30)(H2,23,25,26,27,28);1H. The van der Waals surface area contributed by atoms with Gasteiger partial charge in [-0.3, -0.25) is 4.79 Å². The van der Waals surface area contributed by atoms with Gasteiger partial charge in [0.2, 0.25) is 5.95 Å². The molecule has 1 amide bonds. The number of hydrogen-bond donors (Lipinski definition) is 3. The first-order valence-corrected chi connectivity index (χ1v) is 12.5. The molecule has 2 aromatic heterocycles. The summed E-state index contributed by atoms with van der Waals surface area (Å²) in [7, 11) is -0.775. The maximum absolute atomic E-state index is 12.7. The molecule has 0 aliphatic heterocycles. The zero-order valence-corrected chi connectivity index (χ0v) is 19.9. The summed E-state index contributed by atoms with van der Waals surface area (Å²) in [5.41, 5.74) is 1.00. The summed E-state index contributed by atoms with van der Waals surface area (Å²) in [4.78, 5) is 25.9. The summed E-state index contributed by atoms with van der Waals surface area (Å²) in [6.07, 6.45) is 4.51. The highest BCUT2D eigenvalue weighted by atomic mass is 32.2. The van der Waals surface area contributed by atoms with Crippen molar-refractivity contribution in [1.29, 1.82) is 0 Å². The number of hydrogen-bond acceptors (Lipinski definition) is 9. The van der Waals surface area contributed by atoms with Crippen LogP contribution in [0, 0.1) is 0 Å². The van der Waals surface area contributed by atoms with E-state index in [1.165, 1.54) is 18.7 Å². The second kappa shape index (κ2) is 10.3. The first-order valence-electron chi connectivity index (χ1n) is 10.1. The fourth-order valence-corrected chi connectivity index (χ4v) is 3.29. The zero-order chi connectivity index (χ0) is 24.0. The van der Waals surface area contributed by atoms with E-state index < -0.39 is 9.73 Å². The first kappa shape index (κ1) is 23.9. The number of ether oxygens (including phenoxy) is 1. The number of methoxy groups -OCH3 is 1. The third-order valence-electron chi connectivity index (χ3n) is 4.09. The van der Waals surface area contributed by atoms with Gasteiger partial charge in [-0.15, -0.1) is 0 Å². The first-order chi connectivity index (χ1) is 15.6. The average molecular weight is 472 g/mol. The van der Waals surface area contributed by atoms with Crippen LogP contribution in [0.2, 0.25) is 0 Å². The zero-order valence-electron chi connectivity index (χ0n) is 19.1. The van der Waals surface area contributed by atoms with Gasteiger partial charge < -0.3 is 20.7 Å². The molecule has 0 saturated carbocycles. The van der Waals surface area contributed by atoms with E-state index in [2.05, 4.69) is 35.3 Å². The fourth-order valence-electron chi connectivity index (χ4n) is 2.74. The molecule has 0 aliphatic rings. The second-order valence-corrected chi connectivity index (χ2v) is 10.3. The van der Waals surface area contributed by atoms with Gasteiger partial charge in [-0.05, 0) is 50.2 Å². The molecule has 3 N–H and O–H groups in total. The molecule has 0 unspecified atom stereocenters. The molecule has 0 saturated heterocycles. The second-order valence-electron chi connectivity index (χ2n) is 7.72. The van der Waals surface area contributed by atoms with E-state index >= 15 is 0 Å². The number of pyridine rings is 1. The Morgan fingerprint density at radius 3 is 2.45 bits per heavy atom. The molecule has 33 heavy (non-hydrogen) atoms. The Bertz CT molecular complexity index is 1250. The van der Waals surface area contributed by atoms with Gasteiger partial charge in [0.05, 0.1) is 7.11 Å². The van der Waals surface area contributed by atoms with E-state index in [-0.39, 0.29) is 30.7 Å². The summed E-state index contributed by atoms with van der Waals surface area (Å²) in [6.45, 7) is 3.73. The fraction of sp³-hybridized carbons (Fsp3) is 0.273. The SMILES string of the molecule is COc1ccc(Nc2ncc(C(=O)NC(C)C)c(Nc3cccc(N=S(C)(C)=O)n3)n2)cc1.[HH]. The molecule has 0 bridgehead atoms. The van der Waals surface area contributed by atoms with Crippen molar-refractivity contribution in [2.75, 3.05) is 30.3 Å². The van der Waals surface area contributed by atoms with Crippen LogP contribution in [-0.4, -0.2) is 50.7 Å². The van der Waals surface area contributed by atoms with E-state index in [9.17, 15) is 9.00 Å². The third kappa shape index (κ3) is 7.14. The minimum Gasteiger partial charge on any atom is -0.497 e. The third-order valence-corrected chi connectivity index (χ3v) is 4.72. The lowest BCUT2D eigenvalue weighted by Gasteiger charge is -2.14. The van der Waals surface area contributed by atoms with E-state index in [0.29, 0.717) is 11.6 Å². The highest BCUT2D eigenvalue weighted by Crippen LogP contribution is 2.23. The van der Waals surface area contributed by atoms with E-state index in [1.807, 2.05) is 38.1 Å². The van der Waals surface area contributed by atoms with Gasteiger partial charge in [0.25, 0.3) is 5.91 Å². The molecule has 11 heteroatoms. The van der Waals surface area contributed by atoms with Crippen molar-refractivity contribution >= 4 is 44.7 Å². The number of anilines is 4. The van der Waals surface area contributed by atoms with Crippen molar-refractivity contribution in [2.24, 2.45) is 4.36 Å². The Morgan fingerprint density at radius 2 is 1.82 bits per heavy atom. The van der Waals surface area contributed by atoms with Gasteiger partial charge in [0.1, 0.15) is 22.9 Å². The lowest BCUT2D eigenvalue weighted by molar-refractivity contribution is 0.0943. The highest BCUT2D eigenvalue weighted by molar-refractivity contribution is 7.92. The molecule has 0 radical (unpaired) electrons. The van der Waals surface area contributed by atoms with Crippen molar-refractivity contribution in [3.8, 4) is 5.75 Å². The van der Waals surface area contributed by atoms with Gasteiger partial charge in [-0.2, -0.15) is 9.35 Å². The summed E-state index contributed by atoms with van der Waals surface area (Å²) >= 11 is 0. The minimum atomic E-state index is -2.37. The summed E-state index contributed by atoms with van der Waals surface area (Å²) in [5, 5.41) is 9.01. The normalized spacial score (nSPS) is 11.1. The van der Waals surface area contributed by atoms with Crippen molar-refractivity contribution in [3.05, 3.63) is 54.2 Å². The topological polar surface area (TPSA) is 130 Å². The lowest BCUT2D eigenvalue weighted by atomic mass is 10.2. The van der Waals surface area contributed by atoms with Crippen LogP contribution in [0.15, 0.2) is 53.0 Å². The molecule has 2 heterocycles. The number of rotatable bonds is 8. The van der Waals surface area contributed by atoms with E-state index in [0.717, 1.165) is 11.4 Å². The van der Waals surface area contributed by atoms with Crippen LogP contribution in [0.5, 0.6) is 5.75 Å². The molecule has 0 fully saturated rings. The van der Waals surface area contributed by atoms with Crippen LogP contribution in [-0.2, 0) is 9.73 Å². The smallest absolute Gasteiger partial charge is 0.256 e. The largest absolute Gasteiger partial charge is 0.497 e. The minimum absolute atomic E-state index is 0. The van der Waals surface area contributed by atoms with Gasteiger partial charge >= 0.3 is 0 Å². The van der Waals surface area contributed by atoms with E-state index in [1.54, 1.807) is 25.3 Å². The number of amides is 1. The Labute approximate surface area is 194 Å².